The Hall–Kier alpha value is -1.63. The highest BCUT2D eigenvalue weighted by Crippen LogP contribution is 2.25. The van der Waals surface area contributed by atoms with Crippen LogP contribution in [0.3, 0.4) is 0 Å². The minimum Gasteiger partial charge on any atom is -0.480 e. The third-order valence-electron chi connectivity index (χ3n) is 3.20. The van der Waals surface area contributed by atoms with E-state index in [4.69, 9.17) is 5.11 Å². The van der Waals surface area contributed by atoms with E-state index in [9.17, 15) is 14.4 Å². The Kier molecular flexibility index (Phi) is 5.75. The lowest BCUT2D eigenvalue weighted by atomic mass is 10.2. The molecular weight excluding hydrogens is 252 g/mol. The topological polar surface area (TPSA) is 95.9 Å². The second kappa shape index (κ2) is 7.08. The molecule has 0 aromatic rings. The molecule has 1 heterocycles. The predicted molar refractivity (Wildman–Crippen MR) is 66.6 cm³/mol. The molecule has 0 aromatic heterocycles. The molecule has 1 fully saturated rings. The number of carboxylic acid groups (broad SMARTS) is 1. The fraction of sp³-hybridized carbons (Fsp3) is 0.750. The zero-order valence-corrected chi connectivity index (χ0v) is 11.2. The monoisotopic (exact) mass is 272 g/mol. The number of carboxylic acids is 1. The number of carbonyl (C=O) groups excluding carboxylic acids is 2. The van der Waals surface area contributed by atoms with Crippen molar-refractivity contribution >= 4 is 17.9 Å². The molecule has 0 bridgehead atoms. The van der Waals surface area contributed by atoms with E-state index in [0.29, 0.717) is 0 Å². The Morgan fingerprint density at radius 3 is 2.58 bits per heavy atom. The fourth-order valence-corrected chi connectivity index (χ4v) is 2.29. The van der Waals surface area contributed by atoms with Crippen molar-refractivity contribution in [3.8, 4) is 0 Å². The van der Waals surface area contributed by atoms with Gasteiger partial charge in [0.2, 0.25) is 0 Å². The molecule has 7 nitrogen and oxygen atoms in total. The predicted octanol–water partition coefficient (Wildman–Crippen LogP) is 0.587. The molecule has 2 atom stereocenters. The second-order valence-electron chi connectivity index (χ2n) is 4.64. The molecule has 108 valence electrons. The van der Waals surface area contributed by atoms with Crippen molar-refractivity contribution in [3.63, 3.8) is 0 Å². The zero-order valence-electron chi connectivity index (χ0n) is 11.2. The largest absolute Gasteiger partial charge is 0.480 e. The van der Waals surface area contributed by atoms with E-state index in [1.165, 1.54) is 0 Å². The van der Waals surface area contributed by atoms with Crippen molar-refractivity contribution in [1.29, 1.82) is 0 Å². The van der Waals surface area contributed by atoms with Gasteiger partial charge in [0.05, 0.1) is 0 Å². The maximum atomic E-state index is 12.0. The average Bonchev–Trinajstić information content (AvgIpc) is 2.69. The molecule has 1 rings (SSSR count). The maximum absolute atomic E-state index is 12.0. The zero-order chi connectivity index (χ0) is 14.4. The lowest BCUT2D eigenvalue weighted by Crippen LogP contribution is -2.48. The third-order valence-corrected chi connectivity index (χ3v) is 3.20. The fourth-order valence-electron chi connectivity index (χ4n) is 2.29. The molecule has 1 aliphatic rings. The lowest BCUT2D eigenvalue weighted by molar-refractivity contribution is -0.143. The van der Waals surface area contributed by atoms with Gasteiger partial charge in [0.25, 0.3) is 5.91 Å². The van der Waals surface area contributed by atoms with E-state index in [-0.39, 0.29) is 12.1 Å². The number of nitrogens with one attached hydrogen (secondary N) is 1. The first-order valence-corrected chi connectivity index (χ1v) is 6.37. The highest BCUT2D eigenvalue weighted by molar-refractivity contribution is 5.95. The first kappa shape index (κ1) is 15.4. The van der Waals surface area contributed by atoms with Crippen LogP contribution < -0.4 is 5.32 Å². The number of hydrogen-bond acceptors (Lipinski definition) is 4. The molecule has 3 amide bonds. The van der Waals surface area contributed by atoms with Gasteiger partial charge < -0.3 is 14.7 Å². The van der Waals surface area contributed by atoms with Crippen LogP contribution in [0.15, 0.2) is 0 Å². The summed E-state index contributed by atoms with van der Waals surface area (Å²) in [6.45, 7) is 2.96. The number of urea groups is 1. The van der Waals surface area contributed by atoms with Crippen LogP contribution in [-0.4, -0.2) is 53.2 Å². The number of rotatable bonds is 5. The molecule has 2 N–H and O–H groups in total. The molecule has 2 unspecified atom stereocenters. The van der Waals surface area contributed by atoms with Crippen molar-refractivity contribution in [2.24, 2.45) is 0 Å². The van der Waals surface area contributed by atoms with Crippen molar-refractivity contribution in [2.75, 3.05) is 13.2 Å². The quantitative estimate of drug-likeness (QED) is 0.763. The standard InChI is InChI=1S/C12H20N2O5/c1-3-9-5-4-8(2)14(9)12(18)13-10(15)6-19-7-11(16)17/h8-9H,3-7H2,1-2H3,(H,16,17)(H,13,15,18). The van der Waals surface area contributed by atoms with Crippen LogP contribution in [0.4, 0.5) is 4.79 Å². The summed E-state index contributed by atoms with van der Waals surface area (Å²) in [5.74, 6) is -1.78. The van der Waals surface area contributed by atoms with Gasteiger partial charge in [-0.15, -0.1) is 0 Å². The SMILES string of the molecule is CCC1CCC(C)N1C(=O)NC(=O)COCC(=O)O. The van der Waals surface area contributed by atoms with E-state index in [1.54, 1.807) is 4.90 Å². The van der Waals surface area contributed by atoms with Gasteiger partial charge in [0, 0.05) is 12.1 Å². The molecule has 0 radical (unpaired) electrons. The average molecular weight is 272 g/mol. The lowest BCUT2D eigenvalue weighted by Gasteiger charge is -2.27. The van der Waals surface area contributed by atoms with Crippen LogP contribution >= 0.6 is 0 Å². The van der Waals surface area contributed by atoms with Crippen LogP contribution in [-0.2, 0) is 14.3 Å². The molecular formula is C12H20N2O5. The summed E-state index contributed by atoms with van der Waals surface area (Å²) < 4.78 is 4.62. The summed E-state index contributed by atoms with van der Waals surface area (Å²) in [6.07, 6.45) is 2.71. The Morgan fingerprint density at radius 2 is 2.00 bits per heavy atom. The Balaban J connectivity index is 2.41. The molecule has 0 saturated carbocycles. The van der Waals surface area contributed by atoms with Gasteiger partial charge in [0.1, 0.15) is 13.2 Å². The van der Waals surface area contributed by atoms with Gasteiger partial charge in [-0.25, -0.2) is 9.59 Å². The minimum absolute atomic E-state index is 0.109. The normalized spacial score (nSPS) is 22.3. The minimum atomic E-state index is -1.15. The molecule has 1 aliphatic heterocycles. The van der Waals surface area contributed by atoms with E-state index in [1.807, 2.05) is 13.8 Å². The summed E-state index contributed by atoms with van der Waals surface area (Å²) in [5, 5.41) is 10.6. The van der Waals surface area contributed by atoms with Gasteiger partial charge in [0.15, 0.2) is 0 Å². The maximum Gasteiger partial charge on any atom is 0.329 e. The molecule has 1 saturated heterocycles. The van der Waals surface area contributed by atoms with E-state index >= 15 is 0 Å². The van der Waals surface area contributed by atoms with Gasteiger partial charge in [-0.05, 0) is 26.2 Å². The number of hydrogen-bond donors (Lipinski definition) is 2. The van der Waals surface area contributed by atoms with Gasteiger partial charge >= 0.3 is 12.0 Å². The van der Waals surface area contributed by atoms with Gasteiger partial charge in [-0.2, -0.15) is 0 Å². The van der Waals surface area contributed by atoms with Crippen molar-refractivity contribution in [2.45, 2.75) is 45.2 Å². The van der Waals surface area contributed by atoms with E-state index in [0.717, 1.165) is 19.3 Å². The summed E-state index contributed by atoms with van der Waals surface area (Å²) in [6, 6.07) is -0.166. The number of imide groups is 1. The molecule has 19 heavy (non-hydrogen) atoms. The smallest absolute Gasteiger partial charge is 0.329 e. The number of carbonyl (C=O) groups is 3. The Labute approximate surface area is 111 Å². The van der Waals surface area contributed by atoms with Crippen LogP contribution in [0, 0.1) is 0 Å². The van der Waals surface area contributed by atoms with Crippen molar-refractivity contribution < 1.29 is 24.2 Å². The van der Waals surface area contributed by atoms with E-state index < -0.39 is 31.1 Å². The number of nitrogens with zero attached hydrogens (tertiary/aromatic N) is 1. The molecule has 0 spiro atoms. The van der Waals surface area contributed by atoms with Crippen LogP contribution in [0.5, 0.6) is 0 Å². The van der Waals surface area contributed by atoms with Gasteiger partial charge in [-0.1, -0.05) is 6.92 Å². The summed E-state index contributed by atoms with van der Waals surface area (Å²) in [5.41, 5.74) is 0. The molecule has 0 aliphatic carbocycles. The van der Waals surface area contributed by atoms with Gasteiger partial charge in [-0.3, -0.25) is 10.1 Å². The molecule has 0 aromatic carbocycles. The number of aliphatic carboxylic acids is 1. The van der Waals surface area contributed by atoms with Crippen molar-refractivity contribution in [1.82, 2.24) is 10.2 Å². The number of likely N-dealkylation sites (tertiary alicyclic amines) is 1. The van der Waals surface area contributed by atoms with Crippen molar-refractivity contribution in [3.05, 3.63) is 0 Å². The van der Waals surface area contributed by atoms with Crippen LogP contribution in [0.1, 0.15) is 33.1 Å². The summed E-state index contributed by atoms with van der Waals surface area (Å²) >= 11 is 0. The molecule has 7 heteroatoms. The highest BCUT2D eigenvalue weighted by atomic mass is 16.5. The number of ether oxygens (including phenoxy) is 1. The first-order valence-electron chi connectivity index (χ1n) is 6.37. The summed E-state index contributed by atoms with van der Waals surface area (Å²) in [7, 11) is 0. The summed E-state index contributed by atoms with van der Waals surface area (Å²) in [4.78, 5) is 35.3. The van der Waals surface area contributed by atoms with Crippen LogP contribution in [0.25, 0.3) is 0 Å². The number of amides is 3. The Bertz CT molecular complexity index is 358. The first-order chi connectivity index (χ1) is 8.95. The van der Waals surface area contributed by atoms with Crippen LogP contribution in [0.2, 0.25) is 0 Å². The Morgan fingerprint density at radius 1 is 1.32 bits per heavy atom. The third kappa shape index (κ3) is 4.51. The second-order valence-corrected chi connectivity index (χ2v) is 4.64. The van der Waals surface area contributed by atoms with E-state index in [2.05, 4.69) is 10.1 Å². The highest BCUT2D eigenvalue weighted by Gasteiger charge is 2.33.